The van der Waals surface area contributed by atoms with Crippen molar-refractivity contribution < 1.29 is 9.59 Å². The molecule has 0 aromatic heterocycles. The smallest absolute Gasteiger partial charge is 0.252 e. The van der Waals surface area contributed by atoms with Crippen LogP contribution in [0.2, 0.25) is 0 Å². The summed E-state index contributed by atoms with van der Waals surface area (Å²) in [5.41, 5.74) is 1.92. The van der Waals surface area contributed by atoms with E-state index in [1.165, 1.54) is 0 Å². The predicted octanol–water partition coefficient (Wildman–Crippen LogP) is 3.80. The van der Waals surface area contributed by atoms with Crippen LogP contribution in [0.3, 0.4) is 0 Å². The standard InChI is InChI=1S/C21H18N2O2/c24-20(17-12-6-2-7-13-17)23-19(16-10-4-1-5-11-16)21(25)22-18-14-8-3-9-15-18/h1-15,19H,(H,22,25)(H,23,24). The summed E-state index contributed by atoms with van der Waals surface area (Å²) in [7, 11) is 0. The first-order valence-electron chi connectivity index (χ1n) is 8.01. The molecule has 124 valence electrons. The minimum atomic E-state index is -0.783. The van der Waals surface area contributed by atoms with Gasteiger partial charge in [-0.25, -0.2) is 0 Å². The topological polar surface area (TPSA) is 58.2 Å². The monoisotopic (exact) mass is 330 g/mol. The zero-order valence-electron chi connectivity index (χ0n) is 13.6. The summed E-state index contributed by atoms with van der Waals surface area (Å²) in [5.74, 6) is -0.584. The lowest BCUT2D eigenvalue weighted by atomic mass is 10.1. The number of hydrogen-bond donors (Lipinski definition) is 2. The third-order valence-corrected chi connectivity index (χ3v) is 3.75. The first-order valence-corrected chi connectivity index (χ1v) is 8.01. The number of para-hydroxylation sites is 1. The van der Waals surface area contributed by atoms with Crippen molar-refractivity contribution in [3.8, 4) is 0 Å². The molecule has 0 aliphatic rings. The van der Waals surface area contributed by atoms with Gasteiger partial charge in [-0.2, -0.15) is 0 Å². The van der Waals surface area contributed by atoms with Gasteiger partial charge in [0.05, 0.1) is 0 Å². The third kappa shape index (κ3) is 4.32. The predicted molar refractivity (Wildman–Crippen MR) is 98.2 cm³/mol. The molecule has 0 bridgehead atoms. The van der Waals surface area contributed by atoms with Crippen molar-refractivity contribution in [1.29, 1.82) is 0 Å². The van der Waals surface area contributed by atoms with Gasteiger partial charge in [0.2, 0.25) is 0 Å². The molecule has 0 heterocycles. The highest BCUT2D eigenvalue weighted by Crippen LogP contribution is 2.17. The van der Waals surface area contributed by atoms with E-state index in [-0.39, 0.29) is 11.8 Å². The Bertz CT molecular complexity index is 834. The van der Waals surface area contributed by atoms with Crippen LogP contribution in [0.1, 0.15) is 22.0 Å². The van der Waals surface area contributed by atoms with Crippen molar-refractivity contribution >= 4 is 17.5 Å². The molecule has 0 radical (unpaired) electrons. The van der Waals surface area contributed by atoms with Crippen molar-refractivity contribution in [2.45, 2.75) is 6.04 Å². The molecule has 3 aromatic rings. The summed E-state index contributed by atoms with van der Waals surface area (Å²) in [6.07, 6.45) is 0. The van der Waals surface area contributed by atoms with Crippen LogP contribution < -0.4 is 10.6 Å². The number of hydrogen-bond acceptors (Lipinski definition) is 2. The molecule has 2 amide bonds. The van der Waals surface area contributed by atoms with E-state index in [0.29, 0.717) is 11.3 Å². The second kappa shape index (κ2) is 7.93. The number of amides is 2. The van der Waals surface area contributed by atoms with Gasteiger partial charge < -0.3 is 10.6 Å². The van der Waals surface area contributed by atoms with E-state index in [9.17, 15) is 9.59 Å². The Labute approximate surface area is 146 Å². The maximum atomic E-state index is 12.8. The van der Waals surface area contributed by atoms with Crippen LogP contribution in [0.25, 0.3) is 0 Å². The van der Waals surface area contributed by atoms with Gasteiger partial charge in [0, 0.05) is 11.3 Å². The fourth-order valence-corrected chi connectivity index (χ4v) is 2.49. The highest BCUT2D eigenvalue weighted by atomic mass is 16.2. The zero-order valence-corrected chi connectivity index (χ0v) is 13.6. The lowest BCUT2D eigenvalue weighted by Crippen LogP contribution is -2.37. The Balaban J connectivity index is 1.83. The molecule has 0 spiro atoms. The van der Waals surface area contributed by atoms with Crippen molar-refractivity contribution in [2.75, 3.05) is 5.32 Å². The Kier molecular flexibility index (Phi) is 5.22. The molecule has 0 aliphatic carbocycles. The Morgan fingerprint density at radius 2 is 1.20 bits per heavy atom. The lowest BCUT2D eigenvalue weighted by molar-refractivity contribution is -0.118. The number of anilines is 1. The molecular weight excluding hydrogens is 312 g/mol. The van der Waals surface area contributed by atoms with Crippen LogP contribution in [0.5, 0.6) is 0 Å². The van der Waals surface area contributed by atoms with Crippen LogP contribution in [0, 0.1) is 0 Å². The molecule has 25 heavy (non-hydrogen) atoms. The molecule has 0 aliphatic heterocycles. The van der Waals surface area contributed by atoms with Gasteiger partial charge in [-0.15, -0.1) is 0 Å². The molecule has 0 saturated carbocycles. The van der Waals surface area contributed by atoms with E-state index in [4.69, 9.17) is 0 Å². The van der Waals surface area contributed by atoms with E-state index in [2.05, 4.69) is 10.6 Å². The summed E-state index contributed by atoms with van der Waals surface area (Å²) < 4.78 is 0. The molecule has 1 unspecified atom stereocenters. The Morgan fingerprint density at radius 1 is 0.680 bits per heavy atom. The summed E-state index contributed by atoms with van der Waals surface area (Å²) in [6, 6.07) is 26.4. The molecule has 0 saturated heterocycles. The second-order valence-electron chi connectivity index (χ2n) is 5.54. The second-order valence-corrected chi connectivity index (χ2v) is 5.54. The van der Waals surface area contributed by atoms with Crippen LogP contribution in [-0.2, 0) is 4.79 Å². The van der Waals surface area contributed by atoms with Crippen molar-refractivity contribution in [2.24, 2.45) is 0 Å². The first-order chi connectivity index (χ1) is 12.2. The van der Waals surface area contributed by atoms with Gasteiger partial charge in [0.25, 0.3) is 11.8 Å². The van der Waals surface area contributed by atoms with Gasteiger partial charge in [-0.1, -0.05) is 66.7 Å². The van der Waals surface area contributed by atoms with E-state index in [1.54, 1.807) is 36.4 Å². The molecule has 1 atom stereocenters. The minimum Gasteiger partial charge on any atom is -0.336 e. The average Bonchev–Trinajstić information content (AvgIpc) is 2.68. The fraction of sp³-hybridized carbons (Fsp3) is 0.0476. The van der Waals surface area contributed by atoms with Crippen LogP contribution in [0.4, 0.5) is 5.69 Å². The van der Waals surface area contributed by atoms with Crippen molar-refractivity contribution in [3.63, 3.8) is 0 Å². The van der Waals surface area contributed by atoms with Gasteiger partial charge in [0.15, 0.2) is 0 Å². The van der Waals surface area contributed by atoms with Crippen LogP contribution in [0.15, 0.2) is 91.0 Å². The third-order valence-electron chi connectivity index (χ3n) is 3.75. The van der Waals surface area contributed by atoms with E-state index in [0.717, 1.165) is 5.56 Å². The highest BCUT2D eigenvalue weighted by Gasteiger charge is 2.23. The van der Waals surface area contributed by atoms with Crippen LogP contribution >= 0.6 is 0 Å². The molecule has 0 fully saturated rings. The van der Waals surface area contributed by atoms with Gasteiger partial charge >= 0.3 is 0 Å². The van der Waals surface area contributed by atoms with Gasteiger partial charge in [-0.3, -0.25) is 9.59 Å². The highest BCUT2D eigenvalue weighted by molar-refractivity contribution is 6.01. The van der Waals surface area contributed by atoms with Crippen LogP contribution in [-0.4, -0.2) is 11.8 Å². The van der Waals surface area contributed by atoms with Gasteiger partial charge in [0.1, 0.15) is 6.04 Å². The Morgan fingerprint density at radius 3 is 1.80 bits per heavy atom. The summed E-state index contributed by atoms with van der Waals surface area (Å²) >= 11 is 0. The largest absolute Gasteiger partial charge is 0.336 e. The minimum absolute atomic E-state index is 0.290. The normalized spacial score (nSPS) is 11.4. The number of carbonyl (C=O) groups is 2. The first kappa shape index (κ1) is 16.5. The summed E-state index contributed by atoms with van der Waals surface area (Å²) in [5, 5.41) is 5.66. The maximum Gasteiger partial charge on any atom is 0.252 e. The SMILES string of the molecule is O=C(NC(C(=O)Nc1ccccc1)c1ccccc1)c1ccccc1. The quantitative estimate of drug-likeness (QED) is 0.747. The lowest BCUT2D eigenvalue weighted by Gasteiger charge is -2.19. The Hall–Kier alpha value is -3.40. The molecular formula is C21H18N2O2. The number of benzene rings is 3. The number of nitrogens with one attached hydrogen (secondary N) is 2. The summed E-state index contributed by atoms with van der Waals surface area (Å²) in [4.78, 5) is 25.2. The average molecular weight is 330 g/mol. The summed E-state index contributed by atoms with van der Waals surface area (Å²) in [6.45, 7) is 0. The molecule has 4 nitrogen and oxygen atoms in total. The number of rotatable bonds is 5. The van der Waals surface area contributed by atoms with Crippen molar-refractivity contribution in [3.05, 3.63) is 102 Å². The molecule has 2 N–H and O–H groups in total. The van der Waals surface area contributed by atoms with Gasteiger partial charge in [-0.05, 0) is 29.8 Å². The fourth-order valence-electron chi connectivity index (χ4n) is 2.49. The van der Waals surface area contributed by atoms with Crippen molar-refractivity contribution in [1.82, 2.24) is 5.32 Å². The maximum absolute atomic E-state index is 12.8. The van der Waals surface area contributed by atoms with E-state index in [1.807, 2.05) is 54.6 Å². The molecule has 3 rings (SSSR count). The number of carbonyl (C=O) groups excluding carboxylic acids is 2. The zero-order chi connectivity index (χ0) is 17.5. The molecule has 3 aromatic carbocycles. The van der Waals surface area contributed by atoms with E-state index < -0.39 is 6.04 Å². The van der Waals surface area contributed by atoms with E-state index >= 15 is 0 Å². The molecule has 4 heteroatoms.